The van der Waals surface area contributed by atoms with Gasteiger partial charge in [-0.15, -0.1) is 11.3 Å². The van der Waals surface area contributed by atoms with Crippen LogP contribution in [0.2, 0.25) is 0 Å². The Bertz CT molecular complexity index is 774. The van der Waals surface area contributed by atoms with Crippen molar-refractivity contribution in [2.75, 3.05) is 0 Å². The Morgan fingerprint density at radius 1 is 1.10 bits per heavy atom. The molecule has 0 radical (unpaired) electrons. The molecular formula is C18H15ClOS. The van der Waals surface area contributed by atoms with Crippen LogP contribution in [-0.2, 0) is 16.6 Å². The molecule has 106 valence electrons. The smallest absolute Gasteiger partial charge is 0.232 e. The molecule has 0 N–H and O–H groups in total. The molecule has 0 aliphatic heterocycles. The van der Waals surface area contributed by atoms with Crippen molar-refractivity contribution >= 4 is 39.0 Å². The van der Waals surface area contributed by atoms with Gasteiger partial charge in [-0.3, -0.25) is 4.79 Å². The molecule has 0 saturated carbocycles. The van der Waals surface area contributed by atoms with Gasteiger partial charge in [0.2, 0.25) is 5.24 Å². The highest BCUT2D eigenvalue weighted by Gasteiger charge is 2.35. The lowest BCUT2D eigenvalue weighted by atomic mass is 9.78. The van der Waals surface area contributed by atoms with Crippen LogP contribution in [0.3, 0.4) is 0 Å². The summed E-state index contributed by atoms with van der Waals surface area (Å²) in [6.07, 6.45) is 0.626. The van der Waals surface area contributed by atoms with Crippen LogP contribution < -0.4 is 0 Å². The zero-order chi connectivity index (χ0) is 14.9. The van der Waals surface area contributed by atoms with Crippen molar-refractivity contribution in [1.29, 1.82) is 0 Å². The average molecular weight is 315 g/mol. The highest BCUT2D eigenvalue weighted by molar-refractivity contribution is 7.09. The molecule has 0 amide bonds. The van der Waals surface area contributed by atoms with Gasteiger partial charge < -0.3 is 0 Å². The second-order valence-corrected chi connectivity index (χ2v) is 6.76. The molecule has 21 heavy (non-hydrogen) atoms. The molecule has 0 bridgehead atoms. The average Bonchev–Trinajstić information content (AvgIpc) is 2.99. The normalized spacial score (nSPS) is 14.0. The number of benzene rings is 2. The molecule has 2 aromatic carbocycles. The minimum absolute atomic E-state index is 0.313. The first-order valence-electron chi connectivity index (χ1n) is 6.82. The number of hydrogen-bond acceptors (Lipinski definition) is 2. The van der Waals surface area contributed by atoms with E-state index in [0.717, 1.165) is 16.3 Å². The number of halogens is 1. The SMILES string of the molecule is CC(Cc1cccs1)(C(=O)Cl)c1cccc2ccccc12. The number of fused-ring (bicyclic) bond motifs is 1. The van der Waals surface area contributed by atoms with Crippen LogP contribution in [0, 0.1) is 0 Å². The molecule has 0 fully saturated rings. The van der Waals surface area contributed by atoms with Gasteiger partial charge in [-0.2, -0.15) is 0 Å². The van der Waals surface area contributed by atoms with Crippen molar-refractivity contribution in [2.24, 2.45) is 0 Å². The summed E-state index contributed by atoms with van der Waals surface area (Å²) in [4.78, 5) is 13.4. The summed E-state index contributed by atoms with van der Waals surface area (Å²) in [5.41, 5.74) is 0.279. The monoisotopic (exact) mass is 314 g/mol. The van der Waals surface area contributed by atoms with E-state index in [1.807, 2.05) is 48.7 Å². The third-order valence-electron chi connectivity index (χ3n) is 3.93. The van der Waals surface area contributed by atoms with E-state index in [2.05, 4.69) is 18.2 Å². The Kier molecular flexibility index (Phi) is 3.83. The topological polar surface area (TPSA) is 17.1 Å². The van der Waals surface area contributed by atoms with Crippen LogP contribution in [0.1, 0.15) is 17.4 Å². The van der Waals surface area contributed by atoms with Gasteiger partial charge in [-0.1, -0.05) is 48.5 Å². The second kappa shape index (κ2) is 5.63. The van der Waals surface area contributed by atoms with Crippen LogP contribution in [0.15, 0.2) is 60.0 Å². The fourth-order valence-electron chi connectivity index (χ4n) is 2.74. The number of carbonyl (C=O) groups is 1. The Morgan fingerprint density at radius 2 is 1.86 bits per heavy atom. The van der Waals surface area contributed by atoms with Gasteiger partial charge in [-0.05, 0) is 52.7 Å². The molecule has 0 saturated heterocycles. The molecule has 1 heterocycles. The van der Waals surface area contributed by atoms with E-state index >= 15 is 0 Å². The lowest BCUT2D eigenvalue weighted by Crippen LogP contribution is -2.31. The highest BCUT2D eigenvalue weighted by Crippen LogP contribution is 2.36. The first-order chi connectivity index (χ1) is 10.1. The van der Waals surface area contributed by atoms with Crippen LogP contribution in [0.5, 0.6) is 0 Å². The van der Waals surface area contributed by atoms with Crippen LogP contribution in [0.25, 0.3) is 10.8 Å². The summed E-state index contributed by atoms with van der Waals surface area (Å²) in [6.45, 7) is 1.93. The fourth-order valence-corrected chi connectivity index (χ4v) is 3.77. The minimum Gasteiger partial charge on any atom is -0.280 e. The van der Waals surface area contributed by atoms with E-state index < -0.39 is 5.41 Å². The molecule has 1 atom stereocenters. The van der Waals surface area contributed by atoms with Gasteiger partial charge in [0, 0.05) is 4.88 Å². The maximum absolute atomic E-state index is 12.2. The molecular weight excluding hydrogens is 300 g/mol. The predicted octanol–water partition coefficient (Wildman–Crippen LogP) is 5.17. The third kappa shape index (κ3) is 2.61. The molecule has 3 heteroatoms. The van der Waals surface area contributed by atoms with Gasteiger partial charge in [0.1, 0.15) is 0 Å². The van der Waals surface area contributed by atoms with Gasteiger partial charge in [-0.25, -0.2) is 0 Å². The van der Waals surface area contributed by atoms with E-state index in [0.29, 0.717) is 6.42 Å². The number of rotatable bonds is 4. The third-order valence-corrected chi connectivity index (χ3v) is 5.22. The fraction of sp³-hybridized carbons (Fsp3) is 0.167. The highest BCUT2D eigenvalue weighted by atomic mass is 35.5. The van der Waals surface area contributed by atoms with Crippen molar-refractivity contribution in [3.8, 4) is 0 Å². The van der Waals surface area contributed by atoms with Crippen molar-refractivity contribution < 1.29 is 4.79 Å². The lowest BCUT2D eigenvalue weighted by molar-refractivity contribution is -0.116. The molecule has 1 unspecified atom stereocenters. The van der Waals surface area contributed by atoms with E-state index in [1.54, 1.807) is 11.3 Å². The summed E-state index contributed by atoms with van der Waals surface area (Å²) in [5, 5.41) is 3.93. The van der Waals surface area contributed by atoms with Crippen molar-refractivity contribution in [2.45, 2.75) is 18.8 Å². The van der Waals surface area contributed by atoms with E-state index in [9.17, 15) is 4.79 Å². The summed E-state index contributed by atoms with van der Waals surface area (Å²) < 4.78 is 0. The first-order valence-corrected chi connectivity index (χ1v) is 8.07. The molecule has 1 aromatic heterocycles. The predicted molar refractivity (Wildman–Crippen MR) is 90.2 cm³/mol. The summed E-state index contributed by atoms with van der Waals surface area (Å²) in [5.74, 6) is 0. The Hall–Kier alpha value is -1.64. The first kappa shape index (κ1) is 14.3. The van der Waals surface area contributed by atoms with E-state index in [4.69, 9.17) is 11.6 Å². The van der Waals surface area contributed by atoms with Crippen molar-refractivity contribution in [1.82, 2.24) is 0 Å². The van der Waals surface area contributed by atoms with Gasteiger partial charge in [0.05, 0.1) is 5.41 Å². The standard InChI is InChI=1S/C18H15ClOS/c1-18(17(19)20,12-14-8-5-11-21-14)16-10-4-7-13-6-2-3-9-15(13)16/h2-11H,12H2,1H3. The van der Waals surface area contributed by atoms with Crippen LogP contribution in [-0.4, -0.2) is 5.24 Å². The largest absolute Gasteiger partial charge is 0.280 e. The quantitative estimate of drug-likeness (QED) is 0.607. The number of thiophene rings is 1. The summed E-state index contributed by atoms with van der Waals surface area (Å²) in [7, 11) is 0. The van der Waals surface area contributed by atoms with Crippen LogP contribution in [0.4, 0.5) is 0 Å². The zero-order valence-electron chi connectivity index (χ0n) is 11.7. The molecule has 3 aromatic rings. The van der Waals surface area contributed by atoms with Crippen molar-refractivity contribution in [3.63, 3.8) is 0 Å². The summed E-state index contributed by atoms with van der Waals surface area (Å²) >= 11 is 7.66. The van der Waals surface area contributed by atoms with Gasteiger partial charge >= 0.3 is 0 Å². The molecule has 1 nitrogen and oxygen atoms in total. The lowest BCUT2D eigenvalue weighted by Gasteiger charge is -2.27. The second-order valence-electron chi connectivity index (χ2n) is 5.39. The van der Waals surface area contributed by atoms with E-state index in [1.165, 1.54) is 4.88 Å². The molecule has 0 aliphatic rings. The Labute approximate surface area is 133 Å². The minimum atomic E-state index is -0.715. The maximum Gasteiger partial charge on any atom is 0.232 e. The van der Waals surface area contributed by atoms with Gasteiger partial charge in [0.25, 0.3) is 0 Å². The maximum atomic E-state index is 12.2. The van der Waals surface area contributed by atoms with E-state index in [-0.39, 0.29) is 5.24 Å². The Morgan fingerprint density at radius 3 is 2.57 bits per heavy atom. The summed E-state index contributed by atoms with van der Waals surface area (Å²) in [6, 6.07) is 18.2. The molecule has 3 rings (SSSR count). The molecule has 0 spiro atoms. The number of carbonyl (C=O) groups excluding carboxylic acids is 1. The number of hydrogen-bond donors (Lipinski definition) is 0. The van der Waals surface area contributed by atoms with Gasteiger partial charge in [0.15, 0.2) is 0 Å². The van der Waals surface area contributed by atoms with Crippen molar-refractivity contribution in [3.05, 3.63) is 70.4 Å². The Balaban J connectivity index is 2.18. The molecule has 0 aliphatic carbocycles. The van der Waals surface area contributed by atoms with Crippen LogP contribution >= 0.6 is 22.9 Å². The zero-order valence-corrected chi connectivity index (χ0v) is 13.2.